The number of amidine groups is 1. The van der Waals surface area contributed by atoms with Crippen LogP contribution in [-0.2, 0) is 15.8 Å². The Labute approximate surface area is 180 Å². The number of benzene rings is 2. The molecule has 2 N–H and O–H groups in total. The van der Waals surface area contributed by atoms with Gasteiger partial charge in [-0.25, -0.2) is 0 Å². The van der Waals surface area contributed by atoms with Crippen molar-refractivity contribution in [3.63, 3.8) is 0 Å². The number of thioether (sulfide) groups is 1. The van der Waals surface area contributed by atoms with Crippen molar-refractivity contribution in [2.45, 2.75) is 17.8 Å². The summed E-state index contributed by atoms with van der Waals surface area (Å²) in [7, 11) is 0. The van der Waals surface area contributed by atoms with Crippen molar-refractivity contribution in [2.24, 2.45) is 10.2 Å². The average Bonchev–Trinajstić information content (AvgIpc) is 3.07. The molecule has 0 aromatic heterocycles. The fourth-order valence-corrected chi connectivity index (χ4v) is 3.51. The maximum Gasteiger partial charge on any atom is 0.416 e. The van der Waals surface area contributed by atoms with Crippen LogP contribution < -0.4 is 10.6 Å². The van der Waals surface area contributed by atoms with Crippen LogP contribution in [-0.4, -0.2) is 28.4 Å². The summed E-state index contributed by atoms with van der Waals surface area (Å²) in [5.74, 6) is -1.000. The van der Waals surface area contributed by atoms with Gasteiger partial charge < -0.3 is 10.6 Å². The first-order chi connectivity index (χ1) is 14.8. The number of anilines is 1. The van der Waals surface area contributed by atoms with Crippen LogP contribution in [0, 0.1) is 0 Å². The van der Waals surface area contributed by atoms with Crippen molar-refractivity contribution < 1.29 is 22.8 Å². The first-order valence-corrected chi connectivity index (χ1v) is 9.96. The molecule has 1 aliphatic heterocycles. The van der Waals surface area contributed by atoms with E-state index < -0.39 is 28.8 Å². The van der Waals surface area contributed by atoms with Crippen LogP contribution in [0.5, 0.6) is 0 Å². The SMILES string of the molecule is O=C(CC1S/C(=N/N=C\C=C/c2ccccc2)NC1=O)Nc1cccc(C(F)(F)F)c1. The van der Waals surface area contributed by atoms with E-state index in [0.717, 1.165) is 29.5 Å². The second-order valence-corrected chi connectivity index (χ2v) is 7.56. The van der Waals surface area contributed by atoms with Gasteiger partial charge in [0.05, 0.1) is 5.56 Å². The highest BCUT2D eigenvalue weighted by Gasteiger charge is 2.33. The summed E-state index contributed by atoms with van der Waals surface area (Å²) < 4.78 is 38.3. The molecule has 0 bridgehead atoms. The van der Waals surface area contributed by atoms with Crippen molar-refractivity contribution in [2.75, 3.05) is 5.32 Å². The molecule has 1 heterocycles. The van der Waals surface area contributed by atoms with Gasteiger partial charge in [-0.05, 0) is 29.8 Å². The normalized spacial score (nSPS) is 18.1. The first kappa shape index (κ1) is 22.3. The Morgan fingerprint density at radius 2 is 1.94 bits per heavy atom. The molecule has 160 valence electrons. The van der Waals surface area contributed by atoms with Gasteiger partial charge >= 0.3 is 6.18 Å². The minimum atomic E-state index is -4.51. The van der Waals surface area contributed by atoms with E-state index in [-0.39, 0.29) is 17.3 Å². The zero-order valence-electron chi connectivity index (χ0n) is 16.0. The molecular weight excluding hydrogens is 429 g/mol. The summed E-state index contributed by atoms with van der Waals surface area (Å²) in [4.78, 5) is 24.2. The Morgan fingerprint density at radius 1 is 1.16 bits per heavy atom. The lowest BCUT2D eigenvalue weighted by Crippen LogP contribution is -2.28. The number of rotatable bonds is 6. The Morgan fingerprint density at radius 3 is 2.68 bits per heavy atom. The van der Waals surface area contributed by atoms with Gasteiger partial charge in [0.1, 0.15) is 5.25 Å². The lowest BCUT2D eigenvalue weighted by atomic mass is 10.2. The van der Waals surface area contributed by atoms with Crippen molar-refractivity contribution in [1.82, 2.24) is 5.32 Å². The summed E-state index contributed by atoms with van der Waals surface area (Å²) in [5.41, 5.74) is 0.135. The third-order valence-corrected chi connectivity index (χ3v) is 5.08. The number of hydrogen-bond acceptors (Lipinski definition) is 5. The van der Waals surface area contributed by atoms with E-state index in [1.54, 1.807) is 6.08 Å². The van der Waals surface area contributed by atoms with E-state index in [9.17, 15) is 22.8 Å². The Balaban J connectivity index is 1.52. The highest BCUT2D eigenvalue weighted by Crippen LogP contribution is 2.31. The van der Waals surface area contributed by atoms with E-state index in [1.807, 2.05) is 36.4 Å². The molecule has 10 heteroatoms. The van der Waals surface area contributed by atoms with Gasteiger partial charge in [0.2, 0.25) is 11.8 Å². The predicted molar refractivity (Wildman–Crippen MR) is 116 cm³/mol. The van der Waals surface area contributed by atoms with Crippen LogP contribution in [0.3, 0.4) is 0 Å². The largest absolute Gasteiger partial charge is 0.416 e. The number of nitrogens with zero attached hydrogens (tertiary/aromatic N) is 2. The lowest BCUT2D eigenvalue weighted by molar-refractivity contribution is -0.137. The highest BCUT2D eigenvalue weighted by molar-refractivity contribution is 8.15. The van der Waals surface area contributed by atoms with Gasteiger partial charge in [0, 0.05) is 18.3 Å². The molecule has 3 rings (SSSR count). The van der Waals surface area contributed by atoms with Crippen molar-refractivity contribution >= 4 is 46.7 Å². The van der Waals surface area contributed by atoms with Crippen LogP contribution in [0.25, 0.3) is 6.08 Å². The van der Waals surface area contributed by atoms with Gasteiger partial charge in [-0.2, -0.15) is 18.3 Å². The molecule has 2 aromatic rings. The fourth-order valence-electron chi connectivity index (χ4n) is 2.58. The zero-order chi connectivity index (χ0) is 22.3. The molecule has 31 heavy (non-hydrogen) atoms. The highest BCUT2D eigenvalue weighted by atomic mass is 32.2. The smallest absolute Gasteiger partial charge is 0.326 e. The number of nitrogens with one attached hydrogen (secondary N) is 2. The Hall–Kier alpha value is -3.40. The first-order valence-electron chi connectivity index (χ1n) is 9.08. The minimum absolute atomic E-state index is 0.00641. The molecule has 1 atom stereocenters. The molecule has 0 spiro atoms. The van der Waals surface area contributed by atoms with Gasteiger partial charge in [-0.15, -0.1) is 5.10 Å². The Kier molecular flexibility index (Phi) is 7.24. The van der Waals surface area contributed by atoms with Gasteiger partial charge in [0.25, 0.3) is 0 Å². The zero-order valence-corrected chi connectivity index (χ0v) is 16.8. The minimum Gasteiger partial charge on any atom is -0.326 e. The molecule has 6 nitrogen and oxygen atoms in total. The third kappa shape index (κ3) is 6.82. The number of allylic oxidation sites excluding steroid dienone is 1. The summed E-state index contributed by atoms with van der Waals surface area (Å²) in [6, 6.07) is 13.9. The van der Waals surface area contributed by atoms with Crippen LogP contribution in [0.1, 0.15) is 17.5 Å². The van der Waals surface area contributed by atoms with Gasteiger partial charge in [-0.3, -0.25) is 9.59 Å². The van der Waals surface area contributed by atoms with Crippen LogP contribution in [0.2, 0.25) is 0 Å². The van der Waals surface area contributed by atoms with E-state index in [0.29, 0.717) is 0 Å². The summed E-state index contributed by atoms with van der Waals surface area (Å²) >= 11 is 1.03. The number of alkyl halides is 3. The Bertz CT molecular complexity index is 1040. The fraction of sp³-hybridized carbons (Fsp3) is 0.143. The topological polar surface area (TPSA) is 82.9 Å². The molecule has 0 radical (unpaired) electrons. The molecule has 0 saturated carbocycles. The molecule has 1 aliphatic rings. The van der Waals surface area contributed by atoms with E-state index in [4.69, 9.17) is 0 Å². The third-order valence-electron chi connectivity index (χ3n) is 4.01. The monoisotopic (exact) mass is 446 g/mol. The number of hydrogen-bond donors (Lipinski definition) is 2. The summed E-state index contributed by atoms with van der Waals surface area (Å²) in [5, 5.41) is 12.1. The molecule has 2 amide bonds. The average molecular weight is 446 g/mol. The summed E-state index contributed by atoms with van der Waals surface area (Å²) in [6.07, 6.45) is 0.264. The van der Waals surface area contributed by atoms with Gasteiger partial charge in [0.15, 0.2) is 5.17 Å². The van der Waals surface area contributed by atoms with Crippen LogP contribution >= 0.6 is 11.8 Å². The molecule has 0 aliphatic carbocycles. The number of carbonyl (C=O) groups excluding carboxylic acids is 2. The molecule has 1 unspecified atom stereocenters. The maximum atomic E-state index is 12.8. The van der Waals surface area contributed by atoms with Crippen LogP contribution in [0.15, 0.2) is 70.9 Å². The maximum absolute atomic E-state index is 12.8. The van der Waals surface area contributed by atoms with E-state index >= 15 is 0 Å². The van der Waals surface area contributed by atoms with Crippen LogP contribution in [0.4, 0.5) is 18.9 Å². The molecular formula is C21H17F3N4O2S. The lowest BCUT2D eigenvalue weighted by Gasteiger charge is -2.10. The number of halogens is 3. The standard InChI is InChI=1S/C21H17F3N4O2S/c22-21(23,24)15-9-4-10-16(12-15)26-18(29)13-17-19(30)27-20(31-17)28-25-11-5-8-14-6-2-1-3-7-14/h1-12,17H,13H2,(H,26,29)(H,27,28,30)/b8-5-,25-11-. The number of carbonyl (C=O) groups is 2. The van der Waals surface area contributed by atoms with E-state index in [1.165, 1.54) is 18.3 Å². The van der Waals surface area contributed by atoms with Gasteiger partial charge in [-0.1, -0.05) is 54.2 Å². The summed E-state index contributed by atoms with van der Waals surface area (Å²) in [6.45, 7) is 0. The predicted octanol–water partition coefficient (Wildman–Crippen LogP) is 4.32. The van der Waals surface area contributed by atoms with Crippen molar-refractivity contribution in [3.05, 3.63) is 71.8 Å². The van der Waals surface area contributed by atoms with Crippen molar-refractivity contribution in [1.29, 1.82) is 0 Å². The van der Waals surface area contributed by atoms with Crippen molar-refractivity contribution in [3.8, 4) is 0 Å². The second kappa shape index (κ2) is 10.1. The second-order valence-electron chi connectivity index (χ2n) is 6.37. The molecule has 2 aromatic carbocycles. The quantitative estimate of drug-likeness (QED) is 0.512. The molecule has 1 fully saturated rings. The molecule has 1 saturated heterocycles. The van der Waals surface area contributed by atoms with E-state index in [2.05, 4.69) is 20.8 Å². The number of amides is 2.